The number of nitrogens with zero attached hydrogens (tertiary/aromatic N) is 1. The molecule has 5 rings (SSSR count). The van der Waals surface area contributed by atoms with E-state index in [1.807, 2.05) is 34.9 Å². The maximum atomic E-state index is 12.5. The Morgan fingerprint density at radius 1 is 1.15 bits per heavy atom. The maximum Gasteiger partial charge on any atom is 0.250 e. The van der Waals surface area contributed by atoms with Gasteiger partial charge in [-0.15, -0.1) is 0 Å². The van der Waals surface area contributed by atoms with Gasteiger partial charge in [0.1, 0.15) is 24.7 Å². The molecular formula is C21H23N2O4+. The van der Waals surface area contributed by atoms with Gasteiger partial charge in [0, 0.05) is 35.7 Å². The zero-order chi connectivity index (χ0) is 18.4. The van der Waals surface area contributed by atoms with Crippen molar-refractivity contribution >= 4 is 0 Å². The molecule has 2 aliphatic heterocycles. The number of hydrogen-bond acceptors (Lipinski definition) is 4. The van der Waals surface area contributed by atoms with E-state index in [-0.39, 0.29) is 12.2 Å². The third kappa shape index (κ3) is 2.95. The number of piperidine rings is 1. The first-order valence-corrected chi connectivity index (χ1v) is 9.51. The average molecular weight is 367 g/mol. The summed E-state index contributed by atoms with van der Waals surface area (Å²) >= 11 is 0. The molecule has 3 aromatic rings. The number of aliphatic hydroxyl groups excluding tert-OH is 1. The van der Waals surface area contributed by atoms with E-state index >= 15 is 0 Å². The number of aromatic nitrogens is 1. The van der Waals surface area contributed by atoms with Gasteiger partial charge in [-0.2, -0.15) is 0 Å². The van der Waals surface area contributed by atoms with Crippen LogP contribution in [-0.4, -0.2) is 22.8 Å². The Kier molecular flexibility index (Phi) is 4.02. The molecule has 27 heavy (non-hydrogen) atoms. The van der Waals surface area contributed by atoms with Crippen molar-refractivity contribution in [3.05, 3.63) is 70.2 Å². The molecule has 2 aliphatic rings. The van der Waals surface area contributed by atoms with Crippen molar-refractivity contribution in [2.24, 2.45) is 5.92 Å². The van der Waals surface area contributed by atoms with Gasteiger partial charge >= 0.3 is 0 Å². The van der Waals surface area contributed by atoms with E-state index in [2.05, 4.69) is 0 Å². The van der Waals surface area contributed by atoms with Gasteiger partial charge in [0.25, 0.3) is 5.56 Å². The fourth-order valence-electron chi connectivity index (χ4n) is 4.87. The van der Waals surface area contributed by atoms with Crippen molar-refractivity contribution in [1.82, 2.24) is 4.57 Å². The molecule has 3 atom stereocenters. The number of aliphatic hydroxyl groups is 1. The molecule has 1 unspecified atom stereocenters. The Balaban J connectivity index is 1.47. The fraction of sp³-hybridized carbons (Fsp3) is 0.381. The second-order valence-corrected chi connectivity index (χ2v) is 7.72. The van der Waals surface area contributed by atoms with E-state index in [1.54, 1.807) is 12.3 Å². The molecular weight excluding hydrogens is 344 g/mol. The van der Waals surface area contributed by atoms with Gasteiger partial charge in [-0.1, -0.05) is 0 Å². The smallest absolute Gasteiger partial charge is 0.250 e. The molecule has 0 amide bonds. The van der Waals surface area contributed by atoms with Gasteiger partial charge in [-0.3, -0.25) is 4.79 Å². The number of rotatable bonds is 4. The van der Waals surface area contributed by atoms with Gasteiger partial charge in [-0.25, -0.2) is 0 Å². The largest absolute Gasteiger partial charge is 0.464 e. The Morgan fingerprint density at radius 2 is 2.04 bits per heavy atom. The number of pyridine rings is 1. The molecule has 2 bridgehead atoms. The van der Waals surface area contributed by atoms with Crippen molar-refractivity contribution < 1.29 is 18.8 Å². The first-order valence-electron chi connectivity index (χ1n) is 9.51. The van der Waals surface area contributed by atoms with Crippen LogP contribution in [-0.2, 0) is 19.7 Å². The first-order chi connectivity index (χ1) is 13.2. The summed E-state index contributed by atoms with van der Waals surface area (Å²) in [4.78, 5) is 14.0. The highest BCUT2D eigenvalue weighted by Crippen LogP contribution is 2.36. The minimum Gasteiger partial charge on any atom is -0.464 e. The Hall–Kier alpha value is -2.57. The number of quaternary nitrogens is 1. The molecule has 0 radical (unpaired) electrons. The summed E-state index contributed by atoms with van der Waals surface area (Å²) in [6.45, 7) is 3.50. The summed E-state index contributed by atoms with van der Waals surface area (Å²) < 4.78 is 13.3. The lowest BCUT2D eigenvalue weighted by Crippen LogP contribution is -3.13. The van der Waals surface area contributed by atoms with E-state index < -0.39 is 0 Å². The van der Waals surface area contributed by atoms with Crippen molar-refractivity contribution in [2.75, 3.05) is 13.1 Å². The monoisotopic (exact) mass is 367 g/mol. The summed E-state index contributed by atoms with van der Waals surface area (Å²) in [5.74, 6) is 3.16. The molecule has 5 heterocycles. The van der Waals surface area contributed by atoms with E-state index in [1.165, 1.54) is 4.90 Å². The summed E-state index contributed by atoms with van der Waals surface area (Å²) in [5, 5.41) is 9.20. The molecule has 0 saturated carbocycles. The Bertz CT molecular complexity index is 1000. The van der Waals surface area contributed by atoms with Crippen molar-refractivity contribution in [1.29, 1.82) is 0 Å². The molecule has 0 aromatic carbocycles. The molecule has 6 nitrogen and oxygen atoms in total. The summed E-state index contributed by atoms with van der Waals surface area (Å²) in [5.41, 5.74) is 2.23. The highest BCUT2D eigenvalue weighted by atomic mass is 16.4. The van der Waals surface area contributed by atoms with Crippen LogP contribution in [0.3, 0.4) is 0 Å². The number of nitrogens with one attached hydrogen (secondary N) is 1. The summed E-state index contributed by atoms with van der Waals surface area (Å²) in [6, 6.07) is 11.2. The molecule has 0 spiro atoms. The maximum absolute atomic E-state index is 12.5. The number of fused-ring (bicyclic) bond motifs is 4. The standard InChI is InChI=1S/C21H22N2O4/c24-13-17-4-3-16(27-17)12-22-9-14-8-15(11-22)21-18(19-2-1-7-26-19)5-6-20(25)23(21)10-14/h1-7,14-15,24H,8-13H2/p+1/t14-,15+/m0/s1. The van der Waals surface area contributed by atoms with Crippen LogP contribution in [0, 0.1) is 5.92 Å². The van der Waals surface area contributed by atoms with Gasteiger partial charge in [0.05, 0.1) is 19.4 Å². The number of hydrogen-bond donors (Lipinski definition) is 2. The predicted molar refractivity (Wildman–Crippen MR) is 98.3 cm³/mol. The van der Waals surface area contributed by atoms with E-state index in [4.69, 9.17) is 8.83 Å². The van der Waals surface area contributed by atoms with Gasteiger partial charge in [0.2, 0.25) is 0 Å². The van der Waals surface area contributed by atoms with Crippen molar-refractivity contribution in [3.8, 4) is 11.3 Å². The van der Waals surface area contributed by atoms with Crippen LogP contribution in [0.5, 0.6) is 0 Å². The van der Waals surface area contributed by atoms with Crippen LogP contribution >= 0.6 is 0 Å². The minimum absolute atomic E-state index is 0.0661. The lowest BCUT2D eigenvalue weighted by atomic mass is 9.81. The molecule has 6 heteroatoms. The Labute approximate surface area is 156 Å². The highest BCUT2D eigenvalue weighted by Gasteiger charge is 2.39. The molecule has 0 aliphatic carbocycles. The molecule has 3 aromatic heterocycles. The Morgan fingerprint density at radius 3 is 2.81 bits per heavy atom. The third-order valence-electron chi connectivity index (χ3n) is 5.87. The normalized spacial score (nSPS) is 24.0. The molecule has 140 valence electrons. The van der Waals surface area contributed by atoms with Gasteiger partial charge in [0.15, 0.2) is 5.76 Å². The van der Waals surface area contributed by atoms with Gasteiger partial charge < -0.3 is 23.4 Å². The van der Waals surface area contributed by atoms with E-state index in [0.29, 0.717) is 17.6 Å². The lowest BCUT2D eigenvalue weighted by Gasteiger charge is -2.40. The lowest BCUT2D eigenvalue weighted by molar-refractivity contribution is -0.925. The quantitative estimate of drug-likeness (QED) is 0.731. The zero-order valence-electron chi connectivity index (χ0n) is 15.1. The molecule has 2 N–H and O–H groups in total. The summed E-state index contributed by atoms with van der Waals surface area (Å²) in [7, 11) is 0. The second kappa shape index (κ2) is 6.55. The minimum atomic E-state index is -0.0661. The highest BCUT2D eigenvalue weighted by molar-refractivity contribution is 5.61. The SMILES string of the molecule is O=c1ccc(-c2ccco2)c2n1C[C@H]1C[C@@H]2C[NH+](Cc2ccc(CO)o2)C1. The molecule has 1 fully saturated rings. The first kappa shape index (κ1) is 16.6. The van der Waals surface area contributed by atoms with Crippen molar-refractivity contribution in [2.45, 2.75) is 32.0 Å². The zero-order valence-corrected chi connectivity index (χ0v) is 15.1. The van der Waals surface area contributed by atoms with Gasteiger partial charge in [-0.05, 0) is 36.8 Å². The van der Waals surface area contributed by atoms with Crippen LogP contribution in [0.2, 0.25) is 0 Å². The average Bonchev–Trinajstić information content (AvgIpc) is 3.34. The van der Waals surface area contributed by atoms with E-state index in [0.717, 1.165) is 55.4 Å². The van der Waals surface area contributed by atoms with Crippen molar-refractivity contribution in [3.63, 3.8) is 0 Å². The van der Waals surface area contributed by atoms with E-state index in [9.17, 15) is 9.90 Å². The fourth-order valence-corrected chi connectivity index (χ4v) is 4.87. The number of furan rings is 2. The van der Waals surface area contributed by atoms with Crippen LogP contribution < -0.4 is 10.5 Å². The number of likely N-dealkylation sites (tertiary alicyclic amines) is 1. The van der Waals surface area contributed by atoms with Crippen LogP contribution in [0.1, 0.15) is 29.6 Å². The third-order valence-corrected chi connectivity index (χ3v) is 5.87. The summed E-state index contributed by atoms with van der Waals surface area (Å²) in [6.07, 6.45) is 2.79. The van der Waals surface area contributed by atoms with Crippen LogP contribution in [0.15, 0.2) is 56.3 Å². The predicted octanol–water partition coefficient (Wildman–Crippen LogP) is 1.40. The second-order valence-electron chi connectivity index (χ2n) is 7.72. The molecule has 1 saturated heterocycles. The topological polar surface area (TPSA) is 73.0 Å². The van der Waals surface area contributed by atoms with Crippen LogP contribution in [0.4, 0.5) is 0 Å². The van der Waals surface area contributed by atoms with Crippen LogP contribution in [0.25, 0.3) is 11.3 Å².